The average Bonchev–Trinajstić information content (AvgIpc) is 2.76. The van der Waals surface area contributed by atoms with E-state index < -0.39 is 17.9 Å². The molecule has 0 aliphatic carbocycles. The van der Waals surface area contributed by atoms with E-state index in [1.165, 1.54) is 4.68 Å². The number of benzene rings is 1. The number of methoxy groups -OCH3 is 1. The van der Waals surface area contributed by atoms with Crippen LogP contribution < -0.4 is 20.9 Å². The molecule has 1 fully saturated rings. The largest absolute Gasteiger partial charge is 0.495 e. The Labute approximate surface area is 169 Å². The van der Waals surface area contributed by atoms with E-state index in [1.54, 1.807) is 7.11 Å². The molecule has 158 valence electrons. The number of para-hydroxylation sites is 2. The minimum absolute atomic E-state index is 0.226. The number of anilines is 1. The molecule has 2 aromatic rings. The molecule has 1 aromatic carbocycles. The van der Waals surface area contributed by atoms with Gasteiger partial charge in [0.15, 0.2) is 0 Å². The Morgan fingerprint density at radius 1 is 1.03 bits per heavy atom. The summed E-state index contributed by atoms with van der Waals surface area (Å²) in [4.78, 5) is 28.5. The first-order chi connectivity index (χ1) is 14.1. The Hall–Kier alpha value is -2.68. The van der Waals surface area contributed by atoms with Gasteiger partial charge in [0.1, 0.15) is 18.6 Å². The van der Waals surface area contributed by atoms with E-state index in [9.17, 15) is 14.0 Å². The fourth-order valence-corrected chi connectivity index (χ4v) is 3.62. The van der Waals surface area contributed by atoms with E-state index in [0.717, 1.165) is 67.8 Å². The topological polar surface area (TPSA) is 72.6 Å². The molecular formula is C20H28FN5O3. The number of alkyl halides is 1. The maximum atomic E-state index is 12.5. The van der Waals surface area contributed by atoms with Crippen molar-refractivity contribution in [1.29, 1.82) is 0 Å². The van der Waals surface area contributed by atoms with Crippen molar-refractivity contribution in [1.82, 2.24) is 19.2 Å². The molecule has 0 amide bonds. The molecule has 0 unspecified atom stereocenters. The zero-order valence-corrected chi connectivity index (χ0v) is 16.8. The van der Waals surface area contributed by atoms with Crippen molar-refractivity contribution in [2.75, 3.05) is 51.4 Å². The number of hydrogen-bond acceptors (Lipinski definition) is 6. The van der Waals surface area contributed by atoms with Crippen LogP contribution in [0.25, 0.3) is 0 Å². The van der Waals surface area contributed by atoms with Gasteiger partial charge < -0.3 is 9.64 Å². The molecule has 0 radical (unpaired) electrons. The van der Waals surface area contributed by atoms with Crippen molar-refractivity contribution in [3.05, 3.63) is 51.3 Å². The maximum absolute atomic E-state index is 12.5. The second-order valence-electron chi connectivity index (χ2n) is 7.04. The number of aromatic nitrogens is 3. The second kappa shape index (κ2) is 10.2. The number of unbranched alkanes of at least 4 members (excludes halogenated alkanes) is 1. The third kappa shape index (κ3) is 5.23. The lowest BCUT2D eigenvalue weighted by Crippen LogP contribution is -2.46. The summed E-state index contributed by atoms with van der Waals surface area (Å²) >= 11 is 0. The van der Waals surface area contributed by atoms with Gasteiger partial charge in [-0.25, -0.2) is 13.9 Å². The lowest BCUT2D eigenvalue weighted by atomic mass is 10.2. The third-order valence-electron chi connectivity index (χ3n) is 5.23. The first-order valence-corrected chi connectivity index (χ1v) is 9.97. The van der Waals surface area contributed by atoms with Gasteiger partial charge in [0.25, 0.3) is 5.56 Å². The van der Waals surface area contributed by atoms with Gasteiger partial charge in [-0.05, 0) is 31.5 Å². The first kappa shape index (κ1) is 21.0. The molecule has 1 aliphatic heterocycles. The number of piperazine rings is 1. The number of halogens is 1. The zero-order valence-electron chi connectivity index (χ0n) is 16.8. The van der Waals surface area contributed by atoms with E-state index in [-0.39, 0.29) is 6.54 Å². The van der Waals surface area contributed by atoms with Gasteiger partial charge in [0.2, 0.25) is 0 Å². The van der Waals surface area contributed by atoms with E-state index in [4.69, 9.17) is 4.74 Å². The number of rotatable bonds is 9. The Morgan fingerprint density at radius 2 is 1.76 bits per heavy atom. The van der Waals surface area contributed by atoms with Crippen molar-refractivity contribution in [3.8, 4) is 5.75 Å². The quantitative estimate of drug-likeness (QED) is 0.581. The summed E-state index contributed by atoms with van der Waals surface area (Å²) in [5, 5.41) is 3.88. The molecule has 0 saturated carbocycles. The van der Waals surface area contributed by atoms with Gasteiger partial charge in [-0.3, -0.25) is 14.3 Å². The lowest BCUT2D eigenvalue weighted by molar-refractivity contribution is 0.249. The molecule has 3 rings (SSSR count). The normalized spacial score (nSPS) is 14.9. The van der Waals surface area contributed by atoms with Gasteiger partial charge in [-0.15, -0.1) is 0 Å². The summed E-state index contributed by atoms with van der Waals surface area (Å²) in [6.45, 7) is 4.21. The van der Waals surface area contributed by atoms with Crippen LogP contribution >= 0.6 is 0 Å². The van der Waals surface area contributed by atoms with Crippen LogP contribution in [-0.2, 0) is 13.1 Å². The molecule has 0 spiro atoms. The Morgan fingerprint density at radius 3 is 2.48 bits per heavy atom. The summed E-state index contributed by atoms with van der Waals surface area (Å²) in [6.07, 6.45) is 2.77. The van der Waals surface area contributed by atoms with Crippen LogP contribution in [0.2, 0.25) is 0 Å². The molecule has 9 heteroatoms. The molecule has 0 atom stereocenters. The van der Waals surface area contributed by atoms with Crippen molar-refractivity contribution in [3.63, 3.8) is 0 Å². The number of ether oxygens (including phenoxy) is 1. The summed E-state index contributed by atoms with van der Waals surface area (Å²) in [7, 11) is 1.69. The monoisotopic (exact) mass is 404 g/mol. The van der Waals surface area contributed by atoms with E-state index in [1.807, 2.05) is 18.2 Å². The number of nitrogens with zero attached hydrogens (tertiary/aromatic N) is 5. The van der Waals surface area contributed by atoms with Crippen LogP contribution in [0, 0.1) is 0 Å². The third-order valence-corrected chi connectivity index (χ3v) is 5.23. The molecular weight excluding hydrogens is 376 g/mol. The fourth-order valence-electron chi connectivity index (χ4n) is 3.62. The molecule has 1 aliphatic rings. The maximum Gasteiger partial charge on any atom is 0.347 e. The van der Waals surface area contributed by atoms with E-state index in [0.29, 0.717) is 6.54 Å². The van der Waals surface area contributed by atoms with Gasteiger partial charge >= 0.3 is 5.69 Å². The van der Waals surface area contributed by atoms with Crippen LogP contribution in [0.3, 0.4) is 0 Å². The van der Waals surface area contributed by atoms with Gasteiger partial charge in [-0.1, -0.05) is 12.1 Å². The second-order valence-corrected chi connectivity index (χ2v) is 7.04. The molecule has 2 heterocycles. The standard InChI is InChI=1S/C20H28FN5O3/c1-29-18-7-3-2-6-17(18)24-14-12-23(13-15-24)9-4-5-10-26-20(28)25(11-8-21)19(27)16-22-26/h2-3,6-7,16H,4-5,8-15H2,1H3/i21-1. The van der Waals surface area contributed by atoms with Crippen LogP contribution in [0.5, 0.6) is 5.75 Å². The van der Waals surface area contributed by atoms with Crippen molar-refractivity contribution < 1.29 is 9.13 Å². The van der Waals surface area contributed by atoms with Gasteiger partial charge in [0, 0.05) is 32.7 Å². The van der Waals surface area contributed by atoms with Crippen LogP contribution in [-0.4, -0.2) is 65.8 Å². The van der Waals surface area contributed by atoms with Gasteiger partial charge in [-0.2, -0.15) is 5.10 Å². The summed E-state index contributed by atoms with van der Waals surface area (Å²) in [6, 6.07) is 8.06. The van der Waals surface area contributed by atoms with Gasteiger partial charge in [0.05, 0.1) is 19.3 Å². The number of aryl methyl sites for hydroxylation is 1. The predicted molar refractivity (Wildman–Crippen MR) is 110 cm³/mol. The highest BCUT2D eigenvalue weighted by molar-refractivity contribution is 5.58. The van der Waals surface area contributed by atoms with E-state index >= 15 is 0 Å². The zero-order chi connectivity index (χ0) is 20.6. The molecule has 1 saturated heterocycles. The highest BCUT2D eigenvalue weighted by Crippen LogP contribution is 2.28. The summed E-state index contributed by atoms with van der Waals surface area (Å²) in [5.41, 5.74) is 0.0286. The summed E-state index contributed by atoms with van der Waals surface area (Å²) in [5.74, 6) is 0.896. The SMILES string of the molecule is COc1ccccc1N1CCN(CCCCn2ncc(=O)n(CC[18F])c2=O)CC1. The van der Waals surface area contributed by atoms with Crippen LogP contribution in [0.1, 0.15) is 12.8 Å². The molecule has 8 nitrogen and oxygen atoms in total. The Bertz CT molecular complexity index is 905. The highest BCUT2D eigenvalue weighted by Gasteiger charge is 2.19. The Balaban J connectivity index is 1.44. The highest BCUT2D eigenvalue weighted by atomic mass is 18.2. The average molecular weight is 404 g/mol. The number of hydrogen-bond donors (Lipinski definition) is 0. The molecule has 0 N–H and O–H groups in total. The molecule has 29 heavy (non-hydrogen) atoms. The summed E-state index contributed by atoms with van der Waals surface area (Å²) < 4.78 is 20.1. The van der Waals surface area contributed by atoms with Crippen molar-refractivity contribution in [2.24, 2.45) is 0 Å². The van der Waals surface area contributed by atoms with E-state index in [2.05, 4.69) is 21.0 Å². The minimum atomic E-state index is -0.750. The van der Waals surface area contributed by atoms with Crippen LogP contribution in [0.4, 0.5) is 10.1 Å². The smallest absolute Gasteiger partial charge is 0.347 e. The van der Waals surface area contributed by atoms with Crippen molar-refractivity contribution >= 4 is 5.69 Å². The molecule has 0 bridgehead atoms. The first-order valence-electron chi connectivity index (χ1n) is 9.97. The minimum Gasteiger partial charge on any atom is -0.495 e. The molecule has 1 aromatic heterocycles. The lowest BCUT2D eigenvalue weighted by Gasteiger charge is -2.36. The van der Waals surface area contributed by atoms with Crippen molar-refractivity contribution in [2.45, 2.75) is 25.9 Å². The fraction of sp³-hybridized carbons (Fsp3) is 0.550. The van der Waals surface area contributed by atoms with Crippen LogP contribution in [0.15, 0.2) is 40.1 Å². The predicted octanol–water partition coefficient (Wildman–Crippen LogP) is 0.985. The Kier molecular flexibility index (Phi) is 7.40.